The lowest BCUT2D eigenvalue weighted by molar-refractivity contribution is -0.140. The molecule has 0 aromatic carbocycles. The number of aliphatic hydroxyl groups excluding tert-OH is 2. The van der Waals surface area contributed by atoms with Crippen LogP contribution in [0.1, 0.15) is 19.6 Å². The minimum atomic E-state index is -5.30. The van der Waals surface area contributed by atoms with E-state index in [2.05, 4.69) is 13.4 Å². The summed E-state index contributed by atoms with van der Waals surface area (Å²) in [5.74, 6) is -2.32. The van der Waals surface area contributed by atoms with E-state index in [1.165, 1.54) is 6.92 Å². The first-order valence-electron chi connectivity index (χ1n) is 11.0. The van der Waals surface area contributed by atoms with Gasteiger partial charge in [0, 0.05) is 25.0 Å². The molecule has 0 bridgehead atoms. The van der Waals surface area contributed by atoms with E-state index >= 15 is 0 Å². The van der Waals surface area contributed by atoms with Crippen molar-refractivity contribution in [2.75, 3.05) is 32.3 Å². The standard InChI is InChI=1S/C17H29N2O17P3/c1-10(16(23)24)8-37(26,27)9-32-5-2-6-33-38(28,29)36-39(30,31)34-7-11-13(21)14(22)15(35-11)19-4-3-12(20)18-17(19)25/h3-4,10-11,13-15,21-22H,2,5-9H2,1H3,(H,23,24)(H,26,27)(H,28,29)(H,30,31)(H,18,20,25)/t10?,11-,13-,14-,15-/m1/s1. The van der Waals surface area contributed by atoms with Crippen LogP contribution in [0.2, 0.25) is 0 Å². The predicted molar refractivity (Wildman–Crippen MR) is 127 cm³/mol. The van der Waals surface area contributed by atoms with Crippen LogP contribution in [0.5, 0.6) is 0 Å². The van der Waals surface area contributed by atoms with Crippen molar-refractivity contribution in [2.45, 2.75) is 37.9 Å². The molecule has 7 N–H and O–H groups in total. The van der Waals surface area contributed by atoms with Gasteiger partial charge >= 0.3 is 27.3 Å². The van der Waals surface area contributed by atoms with E-state index in [0.29, 0.717) is 0 Å². The summed E-state index contributed by atoms with van der Waals surface area (Å²) in [6.45, 7) is -0.517. The molecule has 0 saturated carbocycles. The van der Waals surface area contributed by atoms with Crippen LogP contribution in [0, 0.1) is 5.92 Å². The number of phosphoric acid groups is 2. The van der Waals surface area contributed by atoms with Crippen LogP contribution in [0.3, 0.4) is 0 Å². The van der Waals surface area contributed by atoms with Crippen molar-refractivity contribution in [3.05, 3.63) is 33.1 Å². The second-order valence-electron chi connectivity index (χ2n) is 8.37. The molecule has 19 nitrogen and oxygen atoms in total. The van der Waals surface area contributed by atoms with Crippen LogP contribution in [0.15, 0.2) is 21.9 Å². The van der Waals surface area contributed by atoms with Gasteiger partial charge in [0.2, 0.25) is 7.37 Å². The monoisotopic (exact) mass is 626 g/mol. The van der Waals surface area contributed by atoms with Crippen molar-refractivity contribution >= 4 is 29.0 Å². The molecule has 0 spiro atoms. The molecule has 1 aliphatic heterocycles. The number of rotatable bonds is 16. The highest BCUT2D eigenvalue weighted by Crippen LogP contribution is 2.60. The van der Waals surface area contributed by atoms with Gasteiger partial charge in [-0.3, -0.25) is 32.8 Å². The molecule has 1 fully saturated rings. The minimum Gasteiger partial charge on any atom is -0.481 e. The molecule has 0 aliphatic carbocycles. The first-order chi connectivity index (χ1) is 17.9. The number of hydrogen-bond donors (Lipinski definition) is 7. The first-order valence-corrected chi connectivity index (χ1v) is 16.1. The van der Waals surface area contributed by atoms with Gasteiger partial charge in [0.05, 0.1) is 19.1 Å². The summed E-state index contributed by atoms with van der Waals surface area (Å²) in [6, 6.07) is 0.947. The van der Waals surface area contributed by atoms with Crippen LogP contribution in [0.25, 0.3) is 0 Å². The van der Waals surface area contributed by atoms with Gasteiger partial charge in [-0.2, -0.15) is 4.31 Å². The molecule has 39 heavy (non-hydrogen) atoms. The lowest BCUT2D eigenvalue weighted by atomic mass is 10.1. The molecular formula is C17H29N2O17P3. The number of H-pyrrole nitrogens is 1. The fourth-order valence-electron chi connectivity index (χ4n) is 3.18. The molecule has 2 heterocycles. The van der Waals surface area contributed by atoms with Crippen LogP contribution in [-0.4, -0.2) is 96.2 Å². The number of carboxylic acid groups (broad SMARTS) is 1. The van der Waals surface area contributed by atoms with Crippen LogP contribution >= 0.6 is 23.0 Å². The Morgan fingerprint density at radius 1 is 1.10 bits per heavy atom. The van der Waals surface area contributed by atoms with E-state index in [9.17, 15) is 53.0 Å². The number of nitrogens with one attached hydrogen (secondary N) is 1. The first kappa shape index (κ1) is 33.6. The summed E-state index contributed by atoms with van der Waals surface area (Å²) in [6.07, 6.45) is -6.82. The zero-order chi connectivity index (χ0) is 29.6. The molecule has 224 valence electrons. The number of aromatic nitrogens is 2. The van der Waals surface area contributed by atoms with Crippen molar-refractivity contribution in [1.82, 2.24) is 9.55 Å². The third-order valence-electron chi connectivity index (χ3n) is 5.03. The van der Waals surface area contributed by atoms with Gasteiger partial charge in [0.1, 0.15) is 24.7 Å². The zero-order valence-corrected chi connectivity index (χ0v) is 22.9. The van der Waals surface area contributed by atoms with Gasteiger partial charge in [-0.15, -0.1) is 0 Å². The van der Waals surface area contributed by atoms with Crippen molar-refractivity contribution in [3.8, 4) is 0 Å². The molecule has 4 unspecified atom stereocenters. The number of phosphoric ester groups is 2. The predicted octanol–water partition coefficient (Wildman–Crippen LogP) is -1.24. The zero-order valence-electron chi connectivity index (χ0n) is 20.2. The molecule has 2 rings (SSSR count). The summed E-state index contributed by atoms with van der Waals surface area (Å²) in [7, 11) is -14.4. The number of carbonyl (C=O) groups is 1. The van der Waals surface area contributed by atoms with Gasteiger partial charge in [-0.25, -0.2) is 13.9 Å². The largest absolute Gasteiger partial charge is 0.481 e. The second kappa shape index (κ2) is 13.9. The molecule has 1 aliphatic rings. The Balaban J connectivity index is 1.78. The quantitative estimate of drug-likeness (QED) is 0.0834. The Kier molecular flexibility index (Phi) is 12.0. The van der Waals surface area contributed by atoms with E-state index in [0.717, 1.165) is 16.8 Å². The Morgan fingerprint density at radius 3 is 2.36 bits per heavy atom. The average molecular weight is 626 g/mol. The van der Waals surface area contributed by atoms with E-state index in [-0.39, 0.29) is 13.0 Å². The maximum absolute atomic E-state index is 12.1. The van der Waals surface area contributed by atoms with Gasteiger partial charge < -0.3 is 39.5 Å². The normalized spacial score (nSPS) is 26.8. The Bertz CT molecular complexity index is 1250. The Labute approximate surface area is 219 Å². The summed E-state index contributed by atoms with van der Waals surface area (Å²) in [5, 5.41) is 29.0. The number of carboxylic acids is 1. The molecule has 1 saturated heterocycles. The second-order valence-corrected chi connectivity index (χ2v) is 13.7. The van der Waals surface area contributed by atoms with Crippen molar-refractivity contribution < 1.29 is 71.3 Å². The Morgan fingerprint density at radius 2 is 1.74 bits per heavy atom. The number of aromatic amines is 1. The number of ether oxygens (including phenoxy) is 2. The lowest BCUT2D eigenvalue weighted by Gasteiger charge is -2.19. The highest BCUT2D eigenvalue weighted by atomic mass is 31.3. The van der Waals surface area contributed by atoms with Gasteiger partial charge in [-0.1, -0.05) is 6.92 Å². The third kappa shape index (κ3) is 10.7. The third-order valence-corrected chi connectivity index (χ3v) is 9.37. The maximum atomic E-state index is 12.1. The van der Waals surface area contributed by atoms with E-state index < -0.39 is 96.4 Å². The summed E-state index contributed by atoms with van der Waals surface area (Å²) in [4.78, 5) is 64.8. The maximum Gasteiger partial charge on any atom is 0.481 e. The average Bonchev–Trinajstić information content (AvgIpc) is 3.07. The van der Waals surface area contributed by atoms with Crippen LogP contribution < -0.4 is 11.2 Å². The van der Waals surface area contributed by atoms with Crippen LogP contribution in [0.4, 0.5) is 0 Å². The smallest absolute Gasteiger partial charge is 0.481 e. The van der Waals surface area contributed by atoms with Gasteiger partial charge in [0.25, 0.3) is 5.56 Å². The number of aliphatic carboxylic acids is 1. The number of aliphatic hydroxyl groups is 2. The SMILES string of the molecule is CC(CP(=O)(O)COCCCOP(=O)(O)OP(=O)(O)OC[C@H]1O[C@@H](n2ccc(=O)[nH]c2=O)[C@H](O)[C@@H]1O)C(=O)O. The number of hydrogen-bond acceptors (Lipinski definition) is 13. The number of nitrogens with zero attached hydrogens (tertiary/aromatic N) is 1. The molecule has 22 heteroatoms. The van der Waals surface area contributed by atoms with Gasteiger partial charge in [-0.05, 0) is 6.42 Å². The van der Waals surface area contributed by atoms with Crippen molar-refractivity contribution in [2.24, 2.45) is 5.92 Å². The minimum absolute atomic E-state index is 0.134. The highest BCUT2D eigenvalue weighted by molar-refractivity contribution is 7.61. The summed E-state index contributed by atoms with van der Waals surface area (Å²) < 4.78 is 60.0. The molecular weight excluding hydrogens is 597 g/mol. The summed E-state index contributed by atoms with van der Waals surface area (Å²) >= 11 is 0. The van der Waals surface area contributed by atoms with Gasteiger partial charge in [0.15, 0.2) is 6.23 Å². The van der Waals surface area contributed by atoms with E-state index in [1.807, 2.05) is 4.98 Å². The molecule has 8 atom stereocenters. The fraction of sp³-hybridized carbons (Fsp3) is 0.706. The molecule has 1 aromatic rings. The van der Waals surface area contributed by atoms with E-state index in [4.69, 9.17) is 14.6 Å². The van der Waals surface area contributed by atoms with E-state index in [1.54, 1.807) is 0 Å². The Hall–Kier alpha value is -1.56. The highest BCUT2D eigenvalue weighted by Gasteiger charge is 2.46. The molecule has 0 radical (unpaired) electrons. The van der Waals surface area contributed by atoms with Crippen molar-refractivity contribution in [3.63, 3.8) is 0 Å². The molecule has 0 amide bonds. The van der Waals surface area contributed by atoms with Crippen LogP contribution in [-0.2, 0) is 41.3 Å². The van der Waals surface area contributed by atoms with Crippen molar-refractivity contribution in [1.29, 1.82) is 0 Å². The summed E-state index contributed by atoms with van der Waals surface area (Å²) in [5.41, 5.74) is -1.71. The lowest BCUT2D eigenvalue weighted by Crippen LogP contribution is -2.37. The molecule has 1 aromatic heterocycles. The topological polar surface area (TPSA) is 291 Å². The fourth-order valence-corrected chi connectivity index (χ4v) is 6.82.